The van der Waals surface area contributed by atoms with Crippen LogP contribution in [0.2, 0.25) is 0 Å². The summed E-state index contributed by atoms with van der Waals surface area (Å²) in [6, 6.07) is 0. The summed E-state index contributed by atoms with van der Waals surface area (Å²) in [5, 5.41) is 21.2. The summed E-state index contributed by atoms with van der Waals surface area (Å²) in [6.07, 6.45) is 19.5. The first kappa shape index (κ1) is 27.3. The third kappa shape index (κ3) is 10.1. The summed E-state index contributed by atoms with van der Waals surface area (Å²) in [7, 11) is 0. The summed E-state index contributed by atoms with van der Waals surface area (Å²) >= 11 is 0. The molecule has 6 atom stereocenters. The van der Waals surface area contributed by atoms with Crippen LogP contribution in [-0.2, 0) is 19.0 Å². The van der Waals surface area contributed by atoms with Gasteiger partial charge in [-0.1, -0.05) is 66.3 Å². The van der Waals surface area contributed by atoms with Crippen molar-refractivity contribution in [2.45, 2.75) is 94.9 Å². The van der Waals surface area contributed by atoms with E-state index in [9.17, 15) is 15.0 Å². The first-order valence-corrected chi connectivity index (χ1v) is 12.7. The van der Waals surface area contributed by atoms with E-state index in [-0.39, 0.29) is 24.7 Å². The van der Waals surface area contributed by atoms with E-state index in [0.717, 1.165) is 37.7 Å². The van der Waals surface area contributed by atoms with E-state index in [1.165, 1.54) is 11.6 Å². The van der Waals surface area contributed by atoms with E-state index in [0.29, 0.717) is 19.4 Å². The molecule has 0 radical (unpaired) electrons. The van der Waals surface area contributed by atoms with Crippen LogP contribution in [0.4, 0.5) is 0 Å². The highest BCUT2D eigenvalue weighted by Gasteiger charge is 2.22. The van der Waals surface area contributed by atoms with Gasteiger partial charge in [-0.25, -0.2) is 4.79 Å². The zero-order valence-corrected chi connectivity index (χ0v) is 20.8. The molecule has 0 aromatic rings. The topological polar surface area (TPSA) is 85.2 Å². The van der Waals surface area contributed by atoms with Crippen molar-refractivity contribution in [2.75, 3.05) is 6.61 Å². The minimum absolute atomic E-state index is 0.0676. The van der Waals surface area contributed by atoms with Gasteiger partial charge in [-0.05, 0) is 51.9 Å². The molecule has 0 aromatic heterocycles. The number of aliphatic hydroxyl groups is 2. The van der Waals surface area contributed by atoms with Crippen molar-refractivity contribution in [1.29, 1.82) is 0 Å². The number of ether oxygens (including phenoxy) is 3. The Hall–Kier alpha value is -2.25. The van der Waals surface area contributed by atoms with Crippen LogP contribution in [0.5, 0.6) is 0 Å². The van der Waals surface area contributed by atoms with E-state index in [2.05, 4.69) is 19.6 Å². The predicted octanol–water partition coefficient (Wildman–Crippen LogP) is 4.65. The van der Waals surface area contributed by atoms with Gasteiger partial charge in [-0.15, -0.1) is 0 Å². The molecule has 6 nitrogen and oxygen atoms in total. The number of carbonyl (C=O) groups is 1. The molecule has 0 fully saturated rings. The van der Waals surface area contributed by atoms with Crippen molar-refractivity contribution in [3.8, 4) is 0 Å². The van der Waals surface area contributed by atoms with Gasteiger partial charge < -0.3 is 24.4 Å². The van der Waals surface area contributed by atoms with E-state index in [1.54, 1.807) is 24.3 Å². The number of fused-ring (bicyclic) bond motifs is 2. The Morgan fingerprint density at radius 1 is 1.14 bits per heavy atom. The van der Waals surface area contributed by atoms with Crippen molar-refractivity contribution < 1.29 is 29.2 Å². The van der Waals surface area contributed by atoms with Crippen LogP contribution in [0.25, 0.3) is 0 Å². The lowest BCUT2D eigenvalue weighted by Gasteiger charge is -2.25. The molecule has 0 saturated carbocycles. The fourth-order valence-corrected chi connectivity index (χ4v) is 4.47. The summed E-state index contributed by atoms with van der Waals surface area (Å²) in [6.45, 7) is 6.71. The molecule has 192 valence electrons. The second-order valence-electron chi connectivity index (χ2n) is 9.65. The Morgan fingerprint density at radius 2 is 1.97 bits per heavy atom. The highest BCUT2D eigenvalue weighted by molar-refractivity contribution is 5.82. The molecule has 0 unspecified atom stereocenters. The van der Waals surface area contributed by atoms with Crippen LogP contribution in [0.3, 0.4) is 0 Å². The monoisotopic (exact) mass is 484 g/mol. The van der Waals surface area contributed by atoms with Crippen LogP contribution in [0, 0.1) is 0 Å². The number of cyclic esters (lactones) is 1. The van der Waals surface area contributed by atoms with Gasteiger partial charge >= 0.3 is 5.97 Å². The van der Waals surface area contributed by atoms with Crippen LogP contribution in [0.15, 0.2) is 72.4 Å². The van der Waals surface area contributed by atoms with Crippen molar-refractivity contribution in [2.24, 2.45) is 0 Å². The number of aliphatic hydroxyl groups excluding tert-OH is 2. The maximum absolute atomic E-state index is 12.5. The molecule has 35 heavy (non-hydrogen) atoms. The van der Waals surface area contributed by atoms with Crippen molar-refractivity contribution in [3.05, 3.63) is 72.4 Å². The average molecular weight is 485 g/mol. The molecular formula is C29H40O6. The van der Waals surface area contributed by atoms with Crippen LogP contribution in [0.1, 0.15) is 58.3 Å². The standard InChI is InChI=1S/C29H40O6/c1-21-7-3-9-24-10-5-11-25(34-24)12-6-14-29(32)35-28(13-4-8-23(30)19-21)27(31)16-15-26-20-22(2)17-18-33-26/h4-6,8,11,14-17,23-28,30-31H,1,3,7,9-10,12-13,18-20H2,2H3/t23-,24-,25+,26-,27+,28+/m1/s1. The van der Waals surface area contributed by atoms with E-state index in [1.807, 2.05) is 18.2 Å². The Balaban J connectivity index is 1.67. The molecule has 3 aliphatic rings. The molecule has 0 spiro atoms. The Kier molecular flexibility index (Phi) is 11.2. The van der Waals surface area contributed by atoms with Crippen molar-refractivity contribution in [1.82, 2.24) is 0 Å². The van der Waals surface area contributed by atoms with Crippen LogP contribution < -0.4 is 0 Å². The largest absolute Gasteiger partial charge is 0.456 e. The fourth-order valence-electron chi connectivity index (χ4n) is 4.47. The normalized spacial score (nSPS) is 32.5. The molecule has 2 N–H and O–H groups in total. The molecule has 3 aliphatic heterocycles. The molecule has 2 bridgehead atoms. The van der Waals surface area contributed by atoms with E-state index in [4.69, 9.17) is 14.2 Å². The van der Waals surface area contributed by atoms with Gasteiger partial charge in [-0.2, -0.15) is 0 Å². The first-order chi connectivity index (χ1) is 16.9. The van der Waals surface area contributed by atoms with Crippen molar-refractivity contribution >= 4 is 5.97 Å². The zero-order valence-electron chi connectivity index (χ0n) is 20.8. The molecule has 0 aromatic carbocycles. The SMILES string of the molecule is C=C1CCC[C@@H]2CC=C[C@@H](CC=CC(=O)O[C@H]([C@@H](O)C=C[C@@H]3CC(C)=CCO3)CC=C[C@@H](O)C1)O2. The number of esters is 1. The lowest BCUT2D eigenvalue weighted by atomic mass is 9.99. The van der Waals surface area contributed by atoms with Gasteiger partial charge in [0.25, 0.3) is 0 Å². The summed E-state index contributed by atoms with van der Waals surface area (Å²) in [5.41, 5.74) is 2.24. The molecule has 0 amide bonds. The van der Waals surface area contributed by atoms with Gasteiger partial charge in [-0.3, -0.25) is 0 Å². The molecule has 0 saturated heterocycles. The lowest BCUT2D eigenvalue weighted by molar-refractivity contribution is -0.147. The fraction of sp³-hybridized carbons (Fsp3) is 0.552. The Morgan fingerprint density at radius 3 is 2.80 bits per heavy atom. The summed E-state index contributed by atoms with van der Waals surface area (Å²) in [4.78, 5) is 12.5. The third-order valence-electron chi connectivity index (χ3n) is 6.46. The number of hydrogen-bond donors (Lipinski definition) is 2. The van der Waals surface area contributed by atoms with E-state index >= 15 is 0 Å². The summed E-state index contributed by atoms with van der Waals surface area (Å²) < 4.78 is 17.4. The van der Waals surface area contributed by atoms with Crippen molar-refractivity contribution in [3.63, 3.8) is 0 Å². The second kappa shape index (κ2) is 14.3. The highest BCUT2D eigenvalue weighted by atomic mass is 16.6. The van der Waals surface area contributed by atoms with Gasteiger partial charge in [0.05, 0.1) is 31.0 Å². The van der Waals surface area contributed by atoms with Gasteiger partial charge in [0.15, 0.2) is 0 Å². The smallest absolute Gasteiger partial charge is 0.330 e. The van der Waals surface area contributed by atoms with Crippen LogP contribution >= 0.6 is 0 Å². The molecule has 3 rings (SSSR count). The number of carbonyl (C=O) groups excluding carboxylic acids is 1. The second-order valence-corrected chi connectivity index (χ2v) is 9.65. The first-order valence-electron chi connectivity index (χ1n) is 12.7. The molecular weight excluding hydrogens is 444 g/mol. The minimum atomic E-state index is -1.00. The van der Waals surface area contributed by atoms with Gasteiger partial charge in [0.1, 0.15) is 12.2 Å². The quantitative estimate of drug-likeness (QED) is 0.448. The maximum Gasteiger partial charge on any atom is 0.330 e. The van der Waals surface area contributed by atoms with E-state index < -0.39 is 24.3 Å². The zero-order chi connectivity index (χ0) is 25.0. The molecule has 3 heterocycles. The highest BCUT2D eigenvalue weighted by Crippen LogP contribution is 2.22. The molecule has 0 aliphatic carbocycles. The predicted molar refractivity (Wildman–Crippen MR) is 137 cm³/mol. The summed E-state index contributed by atoms with van der Waals surface area (Å²) in [5.74, 6) is -0.519. The minimum Gasteiger partial charge on any atom is -0.456 e. The lowest BCUT2D eigenvalue weighted by Crippen LogP contribution is -2.30. The maximum atomic E-state index is 12.5. The third-order valence-corrected chi connectivity index (χ3v) is 6.46. The van der Waals surface area contributed by atoms with Gasteiger partial charge in [0.2, 0.25) is 0 Å². The molecule has 6 heteroatoms. The number of rotatable bonds is 3. The number of hydrogen-bond acceptors (Lipinski definition) is 6. The average Bonchev–Trinajstić information content (AvgIpc) is 2.81. The Labute approximate surface area is 209 Å². The van der Waals surface area contributed by atoms with Gasteiger partial charge in [0, 0.05) is 12.5 Å². The Bertz CT molecular complexity index is 851. The van der Waals surface area contributed by atoms with Crippen LogP contribution in [-0.4, -0.2) is 59.4 Å².